The van der Waals surface area contributed by atoms with E-state index in [1.54, 1.807) is 4.90 Å². The number of nitrogens with zero attached hydrogens (tertiary/aromatic N) is 3. The Morgan fingerprint density at radius 1 is 1.24 bits per heavy atom. The summed E-state index contributed by atoms with van der Waals surface area (Å²) < 4.78 is 0. The summed E-state index contributed by atoms with van der Waals surface area (Å²) in [5.41, 5.74) is 0.413. The predicted octanol–water partition coefficient (Wildman–Crippen LogP) is 1.04. The van der Waals surface area contributed by atoms with Crippen molar-refractivity contribution in [2.24, 2.45) is 0 Å². The molecule has 2 amide bonds. The van der Waals surface area contributed by atoms with Crippen LogP contribution in [0.2, 0.25) is 0 Å². The van der Waals surface area contributed by atoms with Gasteiger partial charge >= 0.3 is 0 Å². The predicted molar refractivity (Wildman–Crippen MR) is 73.7 cm³/mol. The molecule has 1 aromatic rings. The maximum Gasteiger partial charge on any atom is 0.269 e. The van der Waals surface area contributed by atoms with Gasteiger partial charge in [-0.15, -0.1) is 0 Å². The van der Waals surface area contributed by atoms with Gasteiger partial charge in [-0.2, -0.15) is 0 Å². The fourth-order valence-corrected chi connectivity index (χ4v) is 2.96. The number of benzene rings is 1. The molecule has 0 unspecified atom stereocenters. The first-order valence-corrected chi connectivity index (χ1v) is 6.89. The molecule has 0 aromatic heterocycles. The van der Waals surface area contributed by atoms with Crippen LogP contribution < -0.4 is 0 Å². The lowest BCUT2D eigenvalue weighted by atomic mass is 10.1. The second-order valence-corrected chi connectivity index (χ2v) is 5.33. The van der Waals surface area contributed by atoms with E-state index in [-0.39, 0.29) is 23.5 Å². The topological polar surface area (TPSA) is 83.8 Å². The summed E-state index contributed by atoms with van der Waals surface area (Å²) in [6.45, 7) is 1.63. The van der Waals surface area contributed by atoms with E-state index in [2.05, 4.69) is 0 Å². The second kappa shape index (κ2) is 5.16. The number of rotatable bonds is 2. The van der Waals surface area contributed by atoms with Gasteiger partial charge in [-0.25, -0.2) is 0 Å². The Labute approximate surface area is 121 Å². The summed E-state index contributed by atoms with van der Waals surface area (Å²) in [7, 11) is 0. The summed E-state index contributed by atoms with van der Waals surface area (Å²) in [6.07, 6.45) is 1.35. The minimum atomic E-state index is -0.489. The van der Waals surface area contributed by atoms with Gasteiger partial charge in [0.05, 0.1) is 4.92 Å². The Bertz CT molecular complexity index is 599. The summed E-state index contributed by atoms with van der Waals surface area (Å²) >= 11 is 0. The van der Waals surface area contributed by atoms with Crippen LogP contribution in [0, 0.1) is 10.1 Å². The first-order valence-electron chi connectivity index (χ1n) is 6.89. The zero-order valence-corrected chi connectivity index (χ0v) is 11.4. The van der Waals surface area contributed by atoms with Crippen molar-refractivity contribution in [2.75, 3.05) is 19.6 Å². The summed E-state index contributed by atoms with van der Waals surface area (Å²) in [5, 5.41) is 10.6. The molecule has 2 heterocycles. The van der Waals surface area contributed by atoms with E-state index in [9.17, 15) is 19.7 Å². The lowest BCUT2D eigenvalue weighted by Crippen LogP contribution is -2.53. The molecular formula is C14H15N3O4. The second-order valence-electron chi connectivity index (χ2n) is 5.33. The van der Waals surface area contributed by atoms with Crippen molar-refractivity contribution < 1.29 is 14.5 Å². The van der Waals surface area contributed by atoms with Crippen LogP contribution in [-0.2, 0) is 4.79 Å². The number of carbonyl (C=O) groups excluding carboxylic acids is 2. The number of nitro groups is 1. The number of hydrogen-bond acceptors (Lipinski definition) is 4. The zero-order chi connectivity index (χ0) is 15.0. The third kappa shape index (κ3) is 2.46. The average Bonchev–Trinajstić information content (AvgIpc) is 2.87. The van der Waals surface area contributed by atoms with Crippen molar-refractivity contribution in [3.8, 4) is 0 Å². The van der Waals surface area contributed by atoms with Crippen molar-refractivity contribution in [1.29, 1.82) is 0 Å². The van der Waals surface area contributed by atoms with Gasteiger partial charge in [0.1, 0.15) is 0 Å². The Morgan fingerprint density at radius 2 is 1.95 bits per heavy atom. The molecule has 0 aliphatic carbocycles. The molecule has 2 fully saturated rings. The summed E-state index contributed by atoms with van der Waals surface area (Å²) in [4.78, 5) is 37.7. The largest absolute Gasteiger partial charge is 0.336 e. The quantitative estimate of drug-likeness (QED) is 0.601. The summed E-state index contributed by atoms with van der Waals surface area (Å²) in [6, 6.07) is 5.75. The fourth-order valence-electron chi connectivity index (χ4n) is 2.96. The molecule has 0 saturated carbocycles. The van der Waals surface area contributed by atoms with Crippen LogP contribution in [0.15, 0.2) is 24.3 Å². The molecule has 2 saturated heterocycles. The van der Waals surface area contributed by atoms with Gasteiger partial charge in [0.2, 0.25) is 5.91 Å². The Hall–Kier alpha value is -2.44. The number of carbonyl (C=O) groups is 2. The molecule has 110 valence electrons. The van der Waals surface area contributed by atoms with Gasteiger partial charge < -0.3 is 9.80 Å². The van der Waals surface area contributed by atoms with Gasteiger partial charge in [-0.1, -0.05) is 0 Å². The van der Waals surface area contributed by atoms with E-state index in [0.29, 0.717) is 31.6 Å². The molecular weight excluding hydrogens is 274 g/mol. The van der Waals surface area contributed by atoms with Gasteiger partial charge in [0, 0.05) is 49.8 Å². The van der Waals surface area contributed by atoms with E-state index in [1.807, 2.05) is 4.90 Å². The van der Waals surface area contributed by atoms with Crippen LogP contribution >= 0.6 is 0 Å². The molecule has 7 heteroatoms. The number of hydrogen-bond donors (Lipinski definition) is 0. The van der Waals surface area contributed by atoms with Gasteiger partial charge in [0.25, 0.3) is 11.6 Å². The molecule has 3 rings (SSSR count). The van der Waals surface area contributed by atoms with Crippen LogP contribution in [0.4, 0.5) is 5.69 Å². The normalized spacial score (nSPS) is 21.3. The maximum atomic E-state index is 12.4. The first kappa shape index (κ1) is 13.5. The highest BCUT2D eigenvalue weighted by molar-refractivity contribution is 5.94. The molecule has 2 aliphatic heterocycles. The zero-order valence-electron chi connectivity index (χ0n) is 11.4. The number of nitro benzene ring substituents is 1. The minimum Gasteiger partial charge on any atom is -0.336 e. The SMILES string of the molecule is O=C(c1ccc([N+](=O)[O-])cc1)N1CCN2C(=O)CC[C@@H]2C1. The van der Waals surface area contributed by atoms with Crippen LogP contribution in [0.1, 0.15) is 23.2 Å². The molecule has 2 aliphatic rings. The molecule has 7 nitrogen and oxygen atoms in total. The van der Waals surface area contributed by atoms with Gasteiger partial charge in [0.15, 0.2) is 0 Å². The third-order valence-electron chi connectivity index (χ3n) is 4.11. The van der Waals surface area contributed by atoms with E-state index < -0.39 is 4.92 Å². The highest BCUT2D eigenvalue weighted by Gasteiger charge is 2.37. The maximum absolute atomic E-state index is 12.4. The van der Waals surface area contributed by atoms with Gasteiger partial charge in [-0.05, 0) is 18.6 Å². The Balaban J connectivity index is 1.71. The van der Waals surface area contributed by atoms with Crippen LogP contribution in [0.5, 0.6) is 0 Å². The lowest BCUT2D eigenvalue weighted by Gasteiger charge is -2.37. The Morgan fingerprint density at radius 3 is 2.62 bits per heavy atom. The van der Waals surface area contributed by atoms with Crippen LogP contribution in [-0.4, -0.2) is 52.2 Å². The van der Waals surface area contributed by atoms with Crippen molar-refractivity contribution in [3.63, 3.8) is 0 Å². The standard InChI is InChI=1S/C14H15N3O4/c18-13-6-5-12-9-15(7-8-16(12)13)14(19)10-1-3-11(4-2-10)17(20)21/h1-4,12H,5-9H2/t12-/m1/s1. The minimum absolute atomic E-state index is 0.0299. The van der Waals surface area contributed by atoms with Crippen LogP contribution in [0.25, 0.3) is 0 Å². The lowest BCUT2D eigenvalue weighted by molar-refractivity contribution is -0.384. The van der Waals surface area contributed by atoms with Gasteiger partial charge in [-0.3, -0.25) is 19.7 Å². The highest BCUT2D eigenvalue weighted by atomic mass is 16.6. The van der Waals surface area contributed by atoms with E-state index in [0.717, 1.165) is 6.42 Å². The molecule has 21 heavy (non-hydrogen) atoms. The number of fused-ring (bicyclic) bond motifs is 1. The van der Waals surface area contributed by atoms with Crippen molar-refractivity contribution in [2.45, 2.75) is 18.9 Å². The summed E-state index contributed by atoms with van der Waals surface area (Å²) in [5.74, 6) is 0.0336. The molecule has 0 spiro atoms. The van der Waals surface area contributed by atoms with Crippen molar-refractivity contribution in [1.82, 2.24) is 9.80 Å². The molecule has 0 N–H and O–H groups in total. The number of amides is 2. The first-order chi connectivity index (χ1) is 10.1. The average molecular weight is 289 g/mol. The molecule has 0 radical (unpaired) electrons. The molecule has 1 atom stereocenters. The van der Waals surface area contributed by atoms with E-state index >= 15 is 0 Å². The molecule has 1 aromatic carbocycles. The van der Waals surface area contributed by atoms with Crippen LogP contribution in [0.3, 0.4) is 0 Å². The van der Waals surface area contributed by atoms with Crippen molar-refractivity contribution in [3.05, 3.63) is 39.9 Å². The number of non-ortho nitro benzene ring substituents is 1. The number of piperazine rings is 1. The fraction of sp³-hybridized carbons (Fsp3) is 0.429. The monoisotopic (exact) mass is 289 g/mol. The highest BCUT2D eigenvalue weighted by Crippen LogP contribution is 2.24. The van der Waals surface area contributed by atoms with E-state index in [4.69, 9.17) is 0 Å². The Kier molecular flexibility index (Phi) is 3.32. The van der Waals surface area contributed by atoms with E-state index in [1.165, 1.54) is 24.3 Å². The third-order valence-corrected chi connectivity index (χ3v) is 4.11. The molecule has 0 bridgehead atoms. The van der Waals surface area contributed by atoms with Crippen molar-refractivity contribution >= 4 is 17.5 Å². The smallest absolute Gasteiger partial charge is 0.269 e.